The quantitative estimate of drug-likeness (QED) is 0.696. The molecular weight excluding hydrogens is 312 g/mol. The van der Waals surface area contributed by atoms with Crippen LogP contribution in [0.4, 0.5) is 0 Å². The van der Waals surface area contributed by atoms with Crippen LogP contribution in [0.25, 0.3) is 0 Å². The van der Waals surface area contributed by atoms with Crippen molar-refractivity contribution >= 4 is 5.91 Å². The molecule has 0 radical (unpaired) electrons. The summed E-state index contributed by atoms with van der Waals surface area (Å²) in [6.07, 6.45) is 5.06. The zero-order chi connectivity index (χ0) is 18.1. The van der Waals surface area contributed by atoms with E-state index in [-0.39, 0.29) is 18.4 Å². The van der Waals surface area contributed by atoms with Gasteiger partial charge in [0, 0.05) is 12.0 Å². The number of rotatable bonds is 6. The van der Waals surface area contributed by atoms with Crippen molar-refractivity contribution in [2.24, 2.45) is 5.92 Å². The van der Waals surface area contributed by atoms with Gasteiger partial charge >= 0.3 is 0 Å². The molecule has 1 atom stereocenters. The standard InChI is InChI=1S/C21H30N2O2/c1-17(2)22-15-9-10-16-23-20(24)21(25,18-11-5-3-6-12-18)19-13-7-4-8-14-19/h3,5-6,11-12,17,19,22,25H,4,7-8,13-16H2,1-2H3,(H,23,24). The Bertz CT molecular complexity index is 597. The summed E-state index contributed by atoms with van der Waals surface area (Å²) in [5.41, 5.74) is -0.798. The number of hydrogen-bond acceptors (Lipinski definition) is 3. The highest BCUT2D eigenvalue weighted by Crippen LogP contribution is 2.39. The summed E-state index contributed by atoms with van der Waals surface area (Å²) in [7, 11) is 0. The average molecular weight is 342 g/mol. The molecule has 1 fully saturated rings. The zero-order valence-electron chi connectivity index (χ0n) is 15.3. The molecule has 3 N–H and O–H groups in total. The van der Waals surface area contributed by atoms with Gasteiger partial charge in [-0.2, -0.15) is 0 Å². The number of aliphatic hydroxyl groups is 1. The Hall–Kier alpha value is -1.83. The van der Waals surface area contributed by atoms with Gasteiger partial charge in [0.15, 0.2) is 5.60 Å². The minimum atomic E-state index is -1.47. The Kier molecular flexibility index (Phi) is 7.49. The summed E-state index contributed by atoms with van der Waals surface area (Å²) in [4.78, 5) is 12.9. The third-order valence-corrected chi connectivity index (χ3v) is 4.82. The van der Waals surface area contributed by atoms with E-state index in [2.05, 4.69) is 36.3 Å². The molecule has 4 nitrogen and oxygen atoms in total. The summed E-state index contributed by atoms with van der Waals surface area (Å²) in [5.74, 6) is 5.55. The van der Waals surface area contributed by atoms with Gasteiger partial charge in [0.05, 0.1) is 13.1 Å². The topological polar surface area (TPSA) is 61.4 Å². The Morgan fingerprint density at radius 1 is 1.16 bits per heavy atom. The van der Waals surface area contributed by atoms with Crippen molar-refractivity contribution in [3.8, 4) is 11.8 Å². The lowest BCUT2D eigenvalue weighted by atomic mass is 9.73. The molecule has 2 rings (SSSR count). The maximum Gasteiger partial charge on any atom is 0.257 e. The second-order valence-corrected chi connectivity index (χ2v) is 7.04. The van der Waals surface area contributed by atoms with Gasteiger partial charge in [-0.05, 0) is 32.3 Å². The van der Waals surface area contributed by atoms with Crippen molar-refractivity contribution in [1.29, 1.82) is 0 Å². The lowest BCUT2D eigenvalue weighted by Gasteiger charge is -2.37. The lowest BCUT2D eigenvalue weighted by Crippen LogP contribution is -2.50. The van der Waals surface area contributed by atoms with Crippen LogP contribution >= 0.6 is 0 Å². The first-order valence-electron chi connectivity index (χ1n) is 9.30. The van der Waals surface area contributed by atoms with Gasteiger partial charge in [0.1, 0.15) is 0 Å². The van der Waals surface area contributed by atoms with Crippen LogP contribution in [0.15, 0.2) is 30.3 Å². The van der Waals surface area contributed by atoms with Crippen LogP contribution in [0.5, 0.6) is 0 Å². The second kappa shape index (κ2) is 9.60. The van der Waals surface area contributed by atoms with Crippen molar-refractivity contribution in [2.75, 3.05) is 13.1 Å². The van der Waals surface area contributed by atoms with E-state index in [4.69, 9.17) is 0 Å². The van der Waals surface area contributed by atoms with Crippen LogP contribution in [-0.4, -0.2) is 30.1 Å². The first kappa shape index (κ1) is 19.5. The highest BCUT2D eigenvalue weighted by molar-refractivity contribution is 5.87. The van der Waals surface area contributed by atoms with Crippen molar-refractivity contribution < 1.29 is 9.90 Å². The van der Waals surface area contributed by atoms with Crippen LogP contribution < -0.4 is 10.6 Å². The van der Waals surface area contributed by atoms with Crippen LogP contribution in [0.1, 0.15) is 51.5 Å². The maximum atomic E-state index is 12.9. The molecule has 0 bridgehead atoms. The number of benzene rings is 1. The lowest BCUT2D eigenvalue weighted by molar-refractivity contribution is -0.149. The van der Waals surface area contributed by atoms with Crippen LogP contribution in [-0.2, 0) is 10.4 Å². The van der Waals surface area contributed by atoms with E-state index in [1.54, 1.807) is 0 Å². The Morgan fingerprint density at radius 3 is 2.44 bits per heavy atom. The summed E-state index contributed by atoms with van der Waals surface area (Å²) < 4.78 is 0. The molecule has 0 spiro atoms. The second-order valence-electron chi connectivity index (χ2n) is 7.04. The molecule has 0 aliphatic heterocycles. The fourth-order valence-corrected chi connectivity index (χ4v) is 3.40. The van der Waals surface area contributed by atoms with Gasteiger partial charge < -0.3 is 15.7 Å². The summed E-state index contributed by atoms with van der Waals surface area (Å²) in [5, 5.41) is 17.4. The van der Waals surface area contributed by atoms with E-state index < -0.39 is 5.60 Å². The molecule has 0 heterocycles. The summed E-state index contributed by atoms with van der Waals surface area (Å²) in [6.45, 7) is 4.97. The minimum absolute atomic E-state index is 0.0424. The molecular formula is C21H30N2O2. The third-order valence-electron chi connectivity index (χ3n) is 4.82. The predicted molar refractivity (Wildman–Crippen MR) is 101 cm³/mol. The molecule has 0 saturated heterocycles. The van der Waals surface area contributed by atoms with Crippen molar-refractivity contribution in [2.45, 2.75) is 57.6 Å². The third kappa shape index (κ3) is 5.32. The molecule has 1 aromatic carbocycles. The first-order valence-corrected chi connectivity index (χ1v) is 9.30. The van der Waals surface area contributed by atoms with E-state index in [1.165, 1.54) is 6.42 Å². The Morgan fingerprint density at radius 2 is 1.80 bits per heavy atom. The number of hydrogen-bond donors (Lipinski definition) is 3. The van der Waals surface area contributed by atoms with Gasteiger partial charge in [-0.1, -0.05) is 61.4 Å². The van der Waals surface area contributed by atoms with Gasteiger partial charge in [-0.3, -0.25) is 4.79 Å². The van der Waals surface area contributed by atoms with Crippen LogP contribution in [0.2, 0.25) is 0 Å². The molecule has 4 heteroatoms. The molecule has 1 saturated carbocycles. The monoisotopic (exact) mass is 342 g/mol. The maximum absolute atomic E-state index is 12.9. The molecule has 136 valence electrons. The van der Waals surface area contributed by atoms with Gasteiger partial charge in [-0.15, -0.1) is 0 Å². The highest BCUT2D eigenvalue weighted by atomic mass is 16.3. The molecule has 1 unspecified atom stereocenters. The number of amides is 1. The SMILES string of the molecule is CC(C)NCC#CCNC(=O)C(O)(c1ccccc1)C1CCCCC1. The molecule has 1 aliphatic carbocycles. The zero-order valence-corrected chi connectivity index (χ0v) is 15.3. The van der Waals surface area contributed by atoms with Gasteiger partial charge in [-0.25, -0.2) is 0 Å². The number of nitrogens with one attached hydrogen (secondary N) is 2. The number of carbonyl (C=O) groups is 1. The van der Waals surface area contributed by atoms with E-state index in [0.29, 0.717) is 18.2 Å². The molecule has 1 aromatic rings. The predicted octanol–water partition coefficient (Wildman–Crippen LogP) is 2.57. The van der Waals surface area contributed by atoms with Crippen molar-refractivity contribution in [3.05, 3.63) is 35.9 Å². The van der Waals surface area contributed by atoms with E-state index in [1.807, 2.05) is 30.3 Å². The van der Waals surface area contributed by atoms with Gasteiger partial charge in [0.25, 0.3) is 5.91 Å². The minimum Gasteiger partial charge on any atom is -0.375 e. The van der Waals surface area contributed by atoms with E-state index in [0.717, 1.165) is 25.7 Å². The normalized spacial score (nSPS) is 17.4. The smallest absolute Gasteiger partial charge is 0.257 e. The van der Waals surface area contributed by atoms with E-state index in [9.17, 15) is 9.90 Å². The van der Waals surface area contributed by atoms with Crippen LogP contribution in [0.3, 0.4) is 0 Å². The average Bonchev–Trinajstić information content (AvgIpc) is 2.64. The summed E-state index contributed by atoms with van der Waals surface area (Å²) >= 11 is 0. The van der Waals surface area contributed by atoms with Crippen LogP contribution in [0, 0.1) is 17.8 Å². The fraction of sp³-hybridized carbons (Fsp3) is 0.571. The molecule has 1 amide bonds. The summed E-state index contributed by atoms with van der Waals surface area (Å²) in [6, 6.07) is 9.70. The highest BCUT2D eigenvalue weighted by Gasteiger charge is 2.45. The van der Waals surface area contributed by atoms with Gasteiger partial charge in [0.2, 0.25) is 0 Å². The van der Waals surface area contributed by atoms with E-state index >= 15 is 0 Å². The molecule has 1 aliphatic rings. The number of carbonyl (C=O) groups excluding carboxylic acids is 1. The van der Waals surface area contributed by atoms with Crippen molar-refractivity contribution in [1.82, 2.24) is 10.6 Å². The fourth-order valence-electron chi connectivity index (χ4n) is 3.40. The Balaban J connectivity index is 2.06. The molecule has 0 aromatic heterocycles. The van der Waals surface area contributed by atoms with Crippen molar-refractivity contribution in [3.63, 3.8) is 0 Å². The molecule has 25 heavy (non-hydrogen) atoms. The Labute approximate surface area is 151 Å². The first-order chi connectivity index (χ1) is 12.0. The largest absolute Gasteiger partial charge is 0.375 e.